The molecule has 0 saturated carbocycles. The second kappa shape index (κ2) is 6.03. The molecule has 1 saturated heterocycles. The summed E-state index contributed by atoms with van der Waals surface area (Å²) in [5.41, 5.74) is 7.40. The van der Waals surface area contributed by atoms with Crippen LogP contribution in [0, 0.1) is 5.92 Å². The summed E-state index contributed by atoms with van der Waals surface area (Å²) >= 11 is 0. The van der Waals surface area contributed by atoms with Gasteiger partial charge in [0, 0.05) is 25.7 Å². The first-order valence-electron chi connectivity index (χ1n) is 6.71. The topological polar surface area (TPSA) is 63.4 Å². The number of nitrogens with zero attached hydrogens (tertiary/aromatic N) is 1. The standard InChI is InChI=1S/C14H22N2O2S/c1-12(14(15)13-5-3-2-4-6-13)11-16-7-9-19(17,18)10-8-16/h2-6,12,14H,7-11,15H2,1H3. The van der Waals surface area contributed by atoms with Crippen LogP contribution in [0.5, 0.6) is 0 Å². The first kappa shape index (κ1) is 14.5. The van der Waals surface area contributed by atoms with Gasteiger partial charge in [0.15, 0.2) is 9.84 Å². The minimum Gasteiger partial charge on any atom is -0.324 e. The number of sulfone groups is 1. The Morgan fingerprint density at radius 3 is 2.37 bits per heavy atom. The van der Waals surface area contributed by atoms with E-state index in [0.29, 0.717) is 19.0 Å². The molecule has 0 aliphatic carbocycles. The van der Waals surface area contributed by atoms with E-state index in [4.69, 9.17) is 5.73 Å². The van der Waals surface area contributed by atoms with Gasteiger partial charge in [0.2, 0.25) is 0 Å². The van der Waals surface area contributed by atoms with Gasteiger partial charge in [-0.1, -0.05) is 37.3 Å². The minimum absolute atomic E-state index is 0.000247. The van der Waals surface area contributed by atoms with Gasteiger partial charge in [-0.15, -0.1) is 0 Å². The van der Waals surface area contributed by atoms with Crippen LogP contribution in [0.1, 0.15) is 18.5 Å². The van der Waals surface area contributed by atoms with Crippen molar-refractivity contribution in [3.05, 3.63) is 35.9 Å². The van der Waals surface area contributed by atoms with E-state index in [9.17, 15) is 8.42 Å². The van der Waals surface area contributed by atoms with Gasteiger partial charge in [0.05, 0.1) is 11.5 Å². The minimum atomic E-state index is -2.80. The summed E-state index contributed by atoms with van der Waals surface area (Å²) in [5, 5.41) is 0. The SMILES string of the molecule is CC(CN1CCS(=O)(=O)CC1)C(N)c1ccccc1. The summed E-state index contributed by atoms with van der Waals surface area (Å²) in [7, 11) is -2.80. The molecule has 0 radical (unpaired) electrons. The third-order valence-corrected chi connectivity index (χ3v) is 5.39. The lowest BCUT2D eigenvalue weighted by Crippen LogP contribution is -2.43. The van der Waals surface area contributed by atoms with Gasteiger partial charge in [0.1, 0.15) is 0 Å². The van der Waals surface area contributed by atoms with E-state index in [-0.39, 0.29) is 17.5 Å². The van der Waals surface area contributed by atoms with Crippen molar-refractivity contribution in [2.75, 3.05) is 31.1 Å². The first-order chi connectivity index (χ1) is 8.98. The average molecular weight is 282 g/mol. The van der Waals surface area contributed by atoms with Crippen LogP contribution < -0.4 is 5.73 Å². The van der Waals surface area contributed by atoms with E-state index in [1.807, 2.05) is 30.3 Å². The summed E-state index contributed by atoms with van der Waals surface area (Å²) < 4.78 is 22.8. The first-order valence-corrected chi connectivity index (χ1v) is 8.53. The molecule has 5 heteroatoms. The molecule has 2 unspecified atom stereocenters. The van der Waals surface area contributed by atoms with E-state index < -0.39 is 9.84 Å². The van der Waals surface area contributed by atoms with Crippen LogP contribution in [0.2, 0.25) is 0 Å². The Morgan fingerprint density at radius 1 is 1.21 bits per heavy atom. The van der Waals surface area contributed by atoms with Gasteiger partial charge < -0.3 is 10.6 Å². The van der Waals surface area contributed by atoms with Crippen LogP contribution in [0.3, 0.4) is 0 Å². The van der Waals surface area contributed by atoms with Crippen LogP contribution in [0.25, 0.3) is 0 Å². The Balaban J connectivity index is 1.89. The second-order valence-corrected chi connectivity index (χ2v) is 7.67. The van der Waals surface area contributed by atoms with Crippen molar-refractivity contribution >= 4 is 9.84 Å². The molecule has 0 bridgehead atoms. The molecule has 1 aliphatic heterocycles. The number of benzene rings is 1. The summed E-state index contributed by atoms with van der Waals surface area (Å²) in [6.45, 7) is 4.24. The molecule has 2 N–H and O–H groups in total. The van der Waals surface area contributed by atoms with Crippen molar-refractivity contribution in [3.63, 3.8) is 0 Å². The third-order valence-electron chi connectivity index (χ3n) is 3.78. The highest BCUT2D eigenvalue weighted by atomic mass is 32.2. The van der Waals surface area contributed by atoms with Crippen LogP contribution in [0.4, 0.5) is 0 Å². The van der Waals surface area contributed by atoms with Gasteiger partial charge in [-0.25, -0.2) is 8.42 Å². The molecule has 19 heavy (non-hydrogen) atoms. The monoisotopic (exact) mass is 282 g/mol. The highest BCUT2D eigenvalue weighted by molar-refractivity contribution is 7.91. The smallest absolute Gasteiger partial charge is 0.152 e. The molecule has 0 aromatic heterocycles. The molecule has 0 spiro atoms. The van der Waals surface area contributed by atoms with E-state index in [0.717, 1.165) is 12.1 Å². The molecule has 4 nitrogen and oxygen atoms in total. The summed E-state index contributed by atoms with van der Waals surface area (Å²) in [5.74, 6) is 0.865. The Hall–Kier alpha value is -0.910. The zero-order valence-electron chi connectivity index (χ0n) is 11.3. The maximum absolute atomic E-state index is 11.4. The van der Waals surface area contributed by atoms with E-state index in [1.54, 1.807) is 0 Å². The number of rotatable bonds is 4. The lowest BCUT2D eigenvalue weighted by atomic mass is 9.95. The Kier molecular flexibility index (Phi) is 4.60. The molecule has 106 valence electrons. The molecule has 1 aromatic carbocycles. The summed E-state index contributed by atoms with van der Waals surface area (Å²) in [6, 6.07) is 10.1. The highest BCUT2D eigenvalue weighted by Crippen LogP contribution is 2.20. The molecule has 1 fully saturated rings. The van der Waals surface area contributed by atoms with Crippen molar-refractivity contribution in [2.45, 2.75) is 13.0 Å². The predicted molar refractivity (Wildman–Crippen MR) is 77.6 cm³/mol. The van der Waals surface area contributed by atoms with Crippen LogP contribution in [0.15, 0.2) is 30.3 Å². The Morgan fingerprint density at radius 2 is 1.79 bits per heavy atom. The Labute approximate surface area is 115 Å². The van der Waals surface area contributed by atoms with Gasteiger partial charge in [0.25, 0.3) is 0 Å². The molecule has 1 heterocycles. The van der Waals surface area contributed by atoms with Gasteiger partial charge >= 0.3 is 0 Å². The molecule has 1 aliphatic rings. The molecule has 1 aromatic rings. The van der Waals surface area contributed by atoms with Crippen LogP contribution in [-0.2, 0) is 9.84 Å². The maximum Gasteiger partial charge on any atom is 0.152 e. The summed E-state index contributed by atoms with van der Waals surface area (Å²) in [4.78, 5) is 2.20. The van der Waals surface area contributed by atoms with Crippen molar-refractivity contribution in [1.82, 2.24) is 4.90 Å². The molecule has 0 amide bonds. The zero-order valence-corrected chi connectivity index (χ0v) is 12.1. The lowest BCUT2D eigenvalue weighted by Gasteiger charge is -2.31. The van der Waals surface area contributed by atoms with E-state index >= 15 is 0 Å². The molecular weight excluding hydrogens is 260 g/mol. The predicted octanol–water partition coefficient (Wildman–Crippen LogP) is 1.05. The van der Waals surface area contributed by atoms with Crippen molar-refractivity contribution < 1.29 is 8.42 Å². The van der Waals surface area contributed by atoms with Gasteiger partial charge in [-0.3, -0.25) is 0 Å². The molecule has 2 atom stereocenters. The lowest BCUT2D eigenvalue weighted by molar-refractivity contribution is 0.238. The average Bonchev–Trinajstić information content (AvgIpc) is 2.41. The van der Waals surface area contributed by atoms with Crippen LogP contribution in [-0.4, -0.2) is 44.5 Å². The number of hydrogen-bond acceptors (Lipinski definition) is 4. The summed E-state index contributed by atoms with van der Waals surface area (Å²) in [6.07, 6.45) is 0. The van der Waals surface area contributed by atoms with Gasteiger partial charge in [-0.2, -0.15) is 0 Å². The van der Waals surface area contributed by atoms with Gasteiger partial charge in [-0.05, 0) is 11.5 Å². The molecule has 2 rings (SSSR count). The fraction of sp³-hybridized carbons (Fsp3) is 0.571. The number of nitrogens with two attached hydrogens (primary N) is 1. The van der Waals surface area contributed by atoms with Crippen molar-refractivity contribution in [3.8, 4) is 0 Å². The Bertz CT molecular complexity index is 487. The maximum atomic E-state index is 11.4. The van der Waals surface area contributed by atoms with Crippen molar-refractivity contribution in [2.24, 2.45) is 11.7 Å². The van der Waals surface area contributed by atoms with Crippen molar-refractivity contribution in [1.29, 1.82) is 0 Å². The molecular formula is C14H22N2O2S. The fourth-order valence-corrected chi connectivity index (χ4v) is 3.73. The van der Waals surface area contributed by atoms with E-state index in [2.05, 4.69) is 11.8 Å². The van der Waals surface area contributed by atoms with E-state index in [1.165, 1.54) is 0 Å². The normalized spacial score (nSPS) is 22.8. The number of hydrogen-bond donors (Lipinski definition) is 1. The third kappa shape index (κ3) is 4.03. The highest BCUT2D eigenvalue weighted by Gasteiger charge is 2.24. The second-order valence-electron chi connectivity index (χ2n) is 5.37. The fourth-order valence-electron chi connectivity index (χ4n) is 2.46. The zero-order chi connectivity index (χ0) is 13.9. The largest absolute Gasteiger partial charge is 0.324 e. The van der Waals surface area contributed by atoms with Crippen LogP contribution >= 0.6 is 0 Å². The quantitative estimate of drug-likeness (QED) is 0.896.